The van der Waals surface area contributed by atoms with E-state index in [9.17, 15) is 0 Å². The van der Waals surface area contributed by atoms with E-state index in [4.69, 9.17) is 11.1 Å². The summed E-state index contributed by atoms with van der Waals surface area (Å²) in [5.41, 5.74) is 8.79. The van der Waals surface area contributed by atoms with E-state index >= 15 is 0 Å². The van der Waals surface area contributed by atoms with Crippen LogP contribution in [0.5, 0.6) is 0 Å². The molecule has 0 saturated carbocycles. The molecule has 0 aliphatic heterocycles. The lowest BCUT2D eigenvalue weighted by molar-refractivity contribution is 1.49. The van der Waals surface area contributed by atoms with Crippen LogP contribution in [0, 0.1) is 5.41 Å². The van der Waals surface area contributed by atoms with E-state index in [1.54, 1.807) is 6.08 Å². The van der Waals surface area contributed by atoms with Crippen LogP contribution in [0.25, 0.3) is 5.70 Å². The molecule has 0 fully saturated rings. The van der Waals surface area contributed by atoms with Crippen LogP contribution in [0.2, 0.25) is 0 Å². The lowest BCUT2D eigenvalue weighted by atomic mass is 10.1. The van der Waals surface area contributed by atoms with E-state index in [1.807, 2.05) is 24.3 Å². The van der Waals surface area contributed by atoms with Gasteiger partial charge in [0.1, 0.15) is 0 Å². The Kier molecular flexibility index (Phi) is 1.09. The van der Waals surface area contributed by atoms with Gasteiger partial charge in [-0.15, -0.1) is 0 Å². The van der Waals surface area contributed by atoms with Crippen LogP contribution < -0.4 is 5.73 Å². The fourth-order valence-electron chi connectivity index (χ4n) is 1.28. The highest BCUT2D eigenvalue weighted by atomic mass is 14.6. The van der Waals surface area contributed by atoms with Crippen molar-refractivity contribution in [3.63, 3.8) is 0 Å². The van der Waals surface area contributed by atoms with Gasteiger partial charge in [0.2, 0.25) is 0 Å². The third kappa shape index (κ3) is 0.759. The number of rotatable bonds is 0. The summed E-state index contributed by atoms with van der Waals surface area (Å²) in [6.45, 7) is 0. The van der Waals surface area contributed by atoms with E-state index in [0.717, 1.165) is 11.1 Å². The van der Waals surface area contributed by atoms with Crippen molar-refractivity contribution >= 4 is 11.4 Å². The Bertz CT molecular complexity index is 350. The third-order valence-corrected chi connectivity index (χ3v) is 1.83. The quantitative estimate of drug-likeness (QED) is 0.567. The van der Waals surface area contributed by atoms with Crippen molar-refractivity contribution in [2.24, 2.45) is 5.73 Å². The van der Waals surface area contributed by atoms with Crippen LogP contribution in [0.3, 0.4) is 0 Å². The van der Waals surface area contributed by atoms with Crippen molar-refractivity contribution in [2.45, 2.75) is 0 Å². The minimum Gasteiger partial charge on any atom is -0.398 e. The highest BCUT2D eigenvalue weighted by Gasteiger charge is 2.14. The zero-order chi connectivity index (χ0) is 7.84. The minimum absolute atomic E-state index is 0.512. The predicted octanol–water partition coefficient (Wildman–Crippen LogP) is 1.37. The number of nitrogens with two attached hydrogens (primary N) is 1. The van der Waals surface area contributed by atoms with Gasteiger partial charge < -0.3 is 11.1 Å². The molecule has 2 rings (SSSR count). The predicted molar refractivity (Wildman–Crippen MR) is 45.4 cm³/mol. The maximum atomic E-state index is 7.50. The molecule has 1 aromatic carbocycles. The van der Waals surface area contributed by atoms with Crippen molar-refractivity contribution < 1.29 is 0 Å². The molecule has 0 saturated heterocycles. The summed E-state index contributed by atoms with van der Waals surface area (Å²) < 4.78 is 0. The summed E-state index contributed by atoms with van der Waals surface area (Å²) in [6.07, 6.45) is 1.69. The molecule has 1 aromatic rings. The van der Waals surface area contributed by atoms with Gasteiger partial charge in [0.15, 0.2) is 0 Å². The fourth-order valence-corrected chi connectivity index (χ4v) is 1.28. The molecule has 0 spiro atoms. The van der Waals surface area contributed by atoms with Gasteiger partial charge in [0.25, 0.3) is 0 Å². The Morgan fingerprint density at radius 2 is 1.73 bits per heavy atom. The zero-order valence-corrected chi connectivity index (χ0v) is 5.96. The second-order valence-corrected chi connectivity index (χ2v) is 2.56. The molecule has 0 atom stereocenters. The number of fused-ring (bicyclic) bond motifs is 1. The summed E-state index contributed by atoms with van der Waals surface area (Å²) >= 11 is 0. The van der Waals surface area contributed by atoms with Crippen molar-refractivity contribution in [3.8, 4) is 0 Å². The highest BCUT2D eigenvalue weighted by molar-refractivity contribution is 6.17. The molecule has 1 aliphatic rings. The van der Waals surface area contributed by atoms with E-state index in [0.29, 0.717) is 11.4 Å². The Hall–Kier alpha value is -1.57. The number of benzene rings is 1. The molecular weight excluding hydrogens is 136 g/mol. The molecule has 2 heteroatoms. The average Bonchev–Trinajstić information content (AvgIpc) is 2.30. The molecule has 2 nitrogen and oxygen atoms in total. The minimum atomic E-state index is 0.512. The van der Waals surface area contributed by atoms with Gasteiger partial charge >= 0.3 is 0 Å². The summed E-state index contributed by atoms with van der Waals surface area (Å²) in [5, 5.41) is 7.50. The van der Waals surface area contributed by atoms with Crippen molar-refractivity contribution in [3.05, 3.63) is 41.5 Å². The molecule has 0 bridgehead atoms. The molecule has 0 amide bonds. The Balaban J connectivity index is 2.71. The van der Waals surface area contributed by atoms with Crippen molar-refractivity contribution in [1.29, 1.82) is 5.41 Å². The molecule has 0 aromatic heterocycles. The SMILES string of the molecule is N=C1C=C(N)c2ccccc21. The normalized spacial score (nSPS) is 14.5. The van der Waals surface area contributed by atoms with E-state index in [2.05, 4.69) is 0 Å². The smallest absolute Gasteiger partial charge is 0.0639 e. The largest absolute Gasteiger partial charge is 0.398 e. The van der Waals surface area contributed by atoms with Crippen molar-refractivity contribution in [2.75, 3.05) is 0 Å². The monoisotopic (exact) mass is 144 g/mol. The Morgan fingerprint density at radius 1 is 1.09 bits per heavy atom. The van der Waals surface area contributed by atoms with Gasteiger partial charge in [-0.3, -0.25) is 0 Å². The average molecular weight is 144 g/mol. The van der Waals surface area contributed by atoms with Crippen LogP contribution in [-0.4, -0.2) is 5.71 Å². The van der Waals surface area contributed by atoms with Gasteiger partial charge in [-0.2, -0.15) is 0 Å². The molecule has 3 N–H and O–H groups in total. The van der Waals surface area contributed by atoms with Crippen LogP contribution in [0.15, 0.2) is 30.3 Å². The van der Waals surface area contributed by atoms with Crippen LogP contribution in [0.1, 0.15) is 11.1 Å². The first-order valence-electron chi connectivity index (χ1n) is 3.44. The maximum absolute atomic E-state index is 7.50. The summed E-state index contributed by atoms with van der Waals surface area (Å²) in [7, 11) is 0. The lowest BCUT2D eigenvalue weighted by Gasteiger charge is -1.97. The molecule has 0 radical (unpaired) electrons. The first-order valence-corrected chi connectivity index (χ1v) is 3.44. The number of hydrogen-bond donors (Lipinski definition) is 2. The Morgan fingerprint density at radius 3 is 2.36 bits per heavy atom. The number of hydrogen-bond acceptors (Lipinski definition) is 2. The summed E-state index contributed by atoms with van der Waals surface area (Å²) in [5.74, 6) is 0. The van der Waals surface area contributed by atoms with E-state index < -0.39 is 0 Å². The third-order valence-electron chi connectivity index (χ3n) is 1.83. The van der Waals surface area contributed by atoms with E-state index in [-0.39, 0.29) is 0 Å². The zero-order valence-electron chi connectivity index (χ0n) is 5.96. The van der Waals surface area contributed by atoms with E-state index in [1.165, 1.54) is 0 Å². The van der Waals surface area contributed by atoms with Gasteiger partial charge in [0.05, 0.1) is 5.71 Å². The second kappa shape index (κ2) is 1.95. The molecule has 0 unspecified atom stereocenters. The molecular formula is C9H8N2. The molecule has 54 valence electrons. The number of nitrogens with one attached hydrogen (secondary N) is 1. The number of allylic oxidation sites excluding steroid dienone is 1. The Labute approximate surface area is 64.9 Å². The molecule has 1 aliphatic carbocycles. The van der Waals surface area contributed by atoms with Crippen LogP contribution in [-0.2, 0) is 0 Å². The lowest BCUT2D eigenvalue weighted by Crippen LogP contribution is -1.93. The first kappa shape index (κ1) is 6.16. The van der Waals surface area contributed by atoms with Gasteiger partial charge in [-0.1, -0.05) is 24.3 Å². The maximum Gasteiger partial charge on any atom is 0.0639 e. The molecule has 0 heterocycles. The molecule has 11 heavy (non-hydrogen) atoms. The summed E-state index contributed by atoms with van der Waals surface area (Å²) in [4.78, 5) is 0. The van der Waals surface area contributed by atoms with Crippen LogP contribution >= 0.6 is 0 Å². The topological polar surface area (TPSA) is 49.9 Å². The van der Waals surface area contributed by atoms with Crippen molar-refractivity contribution in [1.82, 2.24) is 0 Å². The van der Waals surface area contributed by atoms with Gasteiger partial charge in [-0.25, -0.2) is 0 Å². The van der Waals surface area contributed by atoms with Gasteiger partial charge in [0, 0.05) is 16.8 Å². The fraction of sp³-hybridized carbons (Fsp3) is 0. The first-order chi connectivity index (χ1) is 5.29. The summed E-state index contributed by atoms with van der Waals surface area (Å²) in [6, 6.07) is 7.69. The van der Waals surface area contributed by atoms with Crippen LogP contribution in [0.4, 0.5) is 0 Å². The standard InChI is InChI=1S/C9H8N2/c10-8-5-9(11)7-4-2-1-3-6(7)8/h1-5,10H,11H2. The highest BCUT2D eigenvalue weighted by Crippen LogP contribution is 2.22. The second-order valence-electron chi connectivity index (χ2n) is 2.56. The van der Waals surface area contributed by atoms with Gasteiger partial charge in [-0.05, 0) is 6.08 Å².